The topological polar surface area (TPSA) is 182 Å². The summed E-state index contributed by atoms with van der Waals surface area (Å²) >= 11 is 0. The zero-order valence-corrected chi connectivity index (χ0v) is 28.5. The third-order valence-electron chi connectivity index (χ3n) is 5.29. The fraction of sp³-hybridized carbons (Fsp3) is 0.700. The van der Waals surface area contributed by atoms with Gasteiger partial charge < -0.3 is 8.25 Å². The SMILES string of the molecule is C[n+]1ccn(CCCCCCCCn2cc[n+](C)c2)c1.O=S(=O)([N-]S(=O)(=O)C(F)(F)F)C(F)(F)F.O=S(=O)([N-]S(=O)(=O)C(F)(F)F)C(F)(F)F. The van der Waals surface area contributed by atoms with Gasteiger partial charge >= 0.3 is 22.0 Å². The molecule has 0 amide bonds. The minimum atomic E-state index is -6.72. The van der Waals surface area contributed by atoms with E-state index in [2.05, 4.69) is 69.8 Å². The molecule has 2 aromatic rings. The van der Waals surface area contributed by atoms with Gasteiger partial charge in [0.1, 0.15) is 24.8 Å². The summed E-state index contributed by atoms with van der Waals surface area (Å²) in [6.07, 6.45) is 20.8. The van der Waals surface area contributed by atoms with Crippen LogP contribution in [0.5, 0.6) is 0 Å². The number of nitrogens with zero attached hydrogens (tertiary/aromatic N) is 6. The van der Waals surface area contributed by atoms with Crippen molar-refractivity contribution in [3.8, 4) is 0 Å². The number of imidazole rings is 2. The lowest BCUT2D eigenvalue weighted by molar-refractivity contribution is -0.671. The van der Waals surface area contributed by atoms with Crippen LogP contribution in [0.1, 0.15) is 38.5 Å². The van der Waals surface area contributed by atoms with Crippen LogP contribution >= 0.6 is 0 Å². The lowest BCUT2D eigenvalue weighted by Crippen LogP contribution is -2.30. The Kier molecular flexibility index (Phi) is 16.7. The molecule has 0 aliphatic heterocycles. The van der Waals surface area contributed by atoms with Gasteiger partial charge in [0.05, 0.1) is 27.2 Å². The van der Waals surface area contributed by atoms with E-state index in [9.17, 15) is 86.4 Å². The maximum atomic E-state index is 11.4. The average molecular weight is 837 g/mol. The van der Waals surface area contributed by atoms with E-state index in [1.54, 1.807) is 0 Å². The molecule has 30 heteroatoms. The average Bonchev–Trinajstić information content (AvgIpc) is 3.49. The summed E-state index contributed by atoms with van der Waals surface area (Å²) in [7, 11) is -22.7. The van der Waals surface area contributed by atoms with Crippen LogP contribution < -0.4 is 9.13 Å². The molecular weight excluding hydrogens is 808 g/mol. The molecule has 0 unspecified atom stereocenters. The maximum Gasteiger partial charge on any atom is 0.480 e. The molecule has 0 bridgehead atoms. The van der Waals surface area contributed by atoms with Crippen LogP contribution in [-0.2, 0) is 67.3 Å². The van der Waals surface area contributed by atoms with Crippen molar-refractivity contribution in [2.24, 2.45) is 14.1 Å². The van der Waals surface area contributed by atoms with Crippen LogP contribution in [0.4, 0.5) is 52.7 Å². The molecule has 0 aliphatic rings. The van der Waals surface area contributed by atoms with Gasteiger partial charge in [-0.2, -0.15) is 52.7 Å². The number of hydrogen-bond donors (Lipinski definition) is 0. The first-order chi connectivity index (χ1) is 22.2. The number of aryl methyl sites for hydroxylation is 4. The summed E-state index contributed by atoms with van der Waals surface area (Å²) in [6.45, 7) is 2.31. The molecule has 0 fully saturated rings. The van der Waals surface area contributed by atoms with E-state index in [-0.39, 0.29) is 0 Å². The molecule has 0 saturated heterocycles. The van der Waals surface area contributed by atoms with Gasteiger partial charge in [0, 0.05) is 0 Å². The van der Waals surface area contributed by atoms with E-state index in [0.717, 1.165) is 21.3 Å². The Morgan fingerprint density at radius 2 is 0.680 bits per heavy atom. The van der Waals surface area contributed by atoms with Gasteiger partial charge in [-0.3, -0.25) is 0 Å². The molecule has 0 spiro atoms. The normalized spacial score (nSPS) is 13.6. The van der Waals surface area contributed by atoms with Gasteiger partial charge in [-0.25, -0.2) is 51.9 Å². The highest BCUT2D eigenvalue weighted by atomic mass is 32.3. The Balaban J connectivity index is 0.000000735. The van der Waals surface area contributed by atoms with E-state index in [1.807, 2.05) is 0 Å². The Labute approximate surface area is 277 Å². The Hall–Kier alpha value is -2.70. The predicted octanol–water partition coefficient (Wildman–Crippen LogP) is 4.10. The second-order valence-electron chi connectivity index (χ2n) is 9.59. The molecule has 0 aromatic carbocycles. The van der Waals surface area contributed by atoms with Crippen LogP contribution in [0.3, 0.4) is 0 Å². The highest BCUT2D eigenvalue weighted by Crippen LogP contribution is 2.37. The Bertz CT molecular complexity index is 1580. The Morgan fingerprint density at radius 3 is 0.860 bits per heavy atom. The quantitative estimate of drug-likeness (QED) is 0.164. The number of halogens is 12. The van der Waals surface area contributed by atoms with Gasteiger partial charge in [-0.15, -0.1) is 0 Å². The largest absolute Gasteiger partial charge is 0.480 e. The van der Waals surface area contributed by atoms with Gasteiger partial charge in [0.25, 0.3) is 0 Å². The summed E-state index contributed by atoms with van der Waals surface area (Å²) in [5.41, 5.74) is -24.8. The van der Waals surface area contributed by atoms with Gasteiger partial charge in [-0.1, -0.05) is 12.8 Å². The van der Waals surface area contributed by atoms with Crippen molar-refractivity contribution in [3.05, 3.63) is 45.7 Å². The number of alkyl halides is 12. The first kappa shape index (κ1) is 47.3. The number of aromatic nitrogens is 4. The van der Waals surface area contributed by atoms with Crippen molar-refractivity contribution in [2.75, 3.05) is 0 Å². The lowest BCUT2D eigenvalue weighted by atomic mass is 10.1. The predicted molar refractivity (Wildman–Crippen MR) is 146 cm³/mol. The van der Waals surface area contributed by atoms with Crippen LogP contribution in [0.25, 0.3) is 8.25 Å². The molecular formula is C20H28F12N6O8S4. The van der Waals surface area contributed by atoms with Crippen molar-refractivity contribution >= 4 is 40.1 Å². The first-order valence-electron chi connectivity index (χ1n) is 12.9. The van der Waals surface area contributed by atoms with Crippen molar-refractivity contribution in [2.45, 2.75) is 73.6 Å². The minimum Gasteiger partial charge on any atom is -0.421 e. The van der Waals surface area contributed by atoms with Crippen molar-refractivity contribution < 1.29 is 95.5 Å². The summed E-state index contributed by atoms with van der Waals surface area (Å²) < 4.78 is 227. The van der Waals surface area contributed by atoms with Crippen LogP contribution in [-0.4, -0.2) is 64.8 Å². The zero-order chi connectivity index (χ0) is 39.6. The van der Waals surface area contributed by atoms with E-state index in [4.69, 9.17) is 0 Å². The minimum absolute atomic E-state index is 0.778. The highest BCUT2D eigenvalue weighted by Gasteiger charge is 2.48. The summed E-state index contributed by atoms with van der Waals surface area (Å²) in [4.78, 5) is 0. The van der Waals surface area contributed by atoms with E-state index >= 15 is 0 Å². The van der Waals surface area contributed by atoms with Crippen molar-refractivity contribution in [1.29, 1.82) is 0 Å². The summed E-state index contributed by atoms with van der Waals surface area (Å²) in [5.74, 6) is 0. The van der Waals surface area contributed by atoms with E-state index in [1.165, 1.54) is 38.5 Å². The van der Waals surface area contributed by atoms with Gasteiger partial charge in [0.2, 0.25) is 12.7 Å². The first-order valence-corrected chi connectivity index (χ1v) is 18.7. The van der Waals surface area contributed by atoms with Crippen molar-refractivity contribution in [3.63, 3.8) is 0 Å². The molecule has 2 heterocycles. The van der Waals surface area contributed by atoms with Crippen LogP contribution in [0.2, 0.25) is 0 Å². The second kappa shape index (κ2) is 17.7. The Morgan fingerprint density at radius 1 is 0.460 bits per heavy atom. The number of hydrogen-bond acceptors (Lipinski definition) is 8. The highest BCUT2D eigenvalue weighted by molar-refractivity contribution is 8.13. The fourth-order valence-corrected chi connectivity index (χ4v) is 6.41. The molecule has 2 rings (SSSR count). The molecule has 50 heavy (non-hydrogen) atoms. The fourth-order valence-electron chi connectivity index (χ4n) is 2.99. The summed E-state index contributed by atoms with van der Waals surface area (Å²) in [6, 6.07) is 0. The monoisotopic (exact) mass is 836 g/mol. The zero-order valence-electron chi connectivity index (χ0n) is 25.2. The molecule has 294 valence electrons. The molecule has 0 atom stereocenters. The lowest BCUT2D eigenvalue weighted by Gasteiger charge is -2.22. The van der Waals surface area contributed by atoms with Crippen LogP contribution in [0.15, 0.2) is 37.4 Å². The molecule has 0 aliphatic carbocycles. The molecule has 0 radical (unpaired) electrons. The molecule has 0 saturated carbocycles. The van der Waals surface area contributed by atoms with Gasteiger partial charge in [-0.05, 0) is 25.7 Å². The second-order valence-corrected chi connectivity index (χ2v) is 16.4. The number of unbranched alkanes of at least 4 members (excludes halogenated alkanes) is 5. The molecule has 14 nitrogen and oxygen atoms in total. The summed E-state index contributed by atoms with van der Waals surface area (Å²) in [5, 5.41) is 0. The maximum absolute atomic E-state index is 11.4. The number of rotatable bonds is 13. The third kappa shape index (κ3) is 16.1. The smallest absolute Gasteiger partial charge is 0.421 e. The van der Waals surface area contributed by atoms with E-state index in [0.29, 0.717) is 0 Å². The van der Waals surface area contributed by atoms with Crippen molar-refractivity contribution in [1.82, 2.24) is 9.13 Å². The van der Waals surface area contributed by atoms with E-state index < -0.39 is 62.1 Å². The molecule has 0 N–H and O–H groups in total. The van der Waals surface area contributed by atoms with Crippen LogP contribution in [0, 0.1) is 0 Å². The molecule has 2 aromatic heterocycles. The standard InChI is InChI=1S/C16H28N4.2C2F6NO4S2/c1-17-11-13-19(15-17)9-7-5-3-4-6-8-10-20-14-12-18(2)16-20;2*3-1(4,5)14(10,11)9-15(12,13)2(6,7)8/h11-16H,3-10H2,1-2H3;;/q+2;2*-1. The number of sulfonamides is 4. The van der Waals surface area contributed by atoms with Gasteiger partial charge in [0.15, 0.2) is 40.1 Å². The third-order valence-corrected chi connectivity index (χ3v) is 10.8.